The van der Waals surface area contributed by atoms with Gasteiger partial charge in [0, 0.05) is 26.2 Å². The SMILES string of the molecule is COc1ccccc1N1CCN(C[C@@H]2CCOC2)CC1=O. The Labute approximate surface area is 125 Å². The zero-order chi connectivity index (χ0) is 14.7. The van der Waals surface area contributed by atoms with E-state index in [0.29, 0.717) is 19.0 Å². The fourth-order valence-electron chi connectivity index (χ4n) is 3.08. The average molecular weight is 290 g/mol. The summed E-state index contributed by atoms with van der Waals surface area (Å²) in [6, 6.07) is 7.69. The van der Waals surface area contributed by atoms with E-state index >= 15 is 0 Å². The van der Waals surface area contributed by atoms with Gasteiger partial charge in [-0.3, -0.25) is 9.69 Å². The maximum Gasteiger partial charge on any atom is 0.241 e. The van der Waals surface area contributed by atoms with Crippen molar-refractivity contribution in [2.75, 3.05) is 51.4 Å². The van der Waals surface area contributed by atoms with Crippen LogP contribution in [0.15, 0.2) is 24.3 Å². The van der Waals surface area contributed by atoms with Gasteiger partial charge in [0.05, 0.1) is 25.9 Å². The van der Waals surface area contributed by atoms with Crippen molar-refractivity contribution in [2.24, 2.45) is 5.92 Å². The lowest BCUT2D eigenvalue weighted by molar-refractivity contribution is -0.121. The second-order valence-corrected chi connectivity index (χ2v) is 5.68. The Hall–Kier alpha value is -1.59. The molecule has 0 aliphatic carbocycles. The molecule has 0 N–H and O–H groups in total. The van der Waals surface area contributed by atoms with Crippen LogP contribution in [0.4, 0.5) is 5.69 Å². The quantitative estimate of drug-likeness (QED) is 0.840. The standard InChI is InChI=1S/C16H22N2O3/c1-20-15-5-3-2-4-14(15)18-8-7-17(11-16(18)19)10-13-6-9-21-12-13/h2-5,13H,6-12H2,1H3/t13-/m0/s1. The van der Waals surface area contributed by atoms with Crippen molar-refractivity contribution < 1.29 is 14.3 Å². The van der Waals surface area contributed by atoms with Crippen molar-refractivity contribution >= 4 is 11.6 Å². The summed E-state index contributed by atoms with van der Waals surface area (Å²) < 4.78 is 10.8. The molecule has 2 heterocycles. The molecule has 1 aromatic rings. The minimum absolute atomic E-state index is 0.143. The Bertz CT molecular complexity index is 500. The monoisotopic (exact) mass is 290 g/mol. The predicted octanol–water partition coefficient (Wildman–Crippen LogP) is 1.38. The summed E-state index contributed by atoms with van der Waals surface area (Å²) >= 11 is 0. The molecule has 2 aliphatic heterocycles. The molecular weight excluding hydrogens is 268 g/mol. The summed E-state index contributed by atoms with van der Waals surface area (Å²) in [6.07, 6.45) is 1.11. The van der Waals surface area contributed by atoms with E-state index in [1.54, 1.807) is 7.11 Å². The molecule has 2 aliphatic rings. The Morgan fingerprint density at radius 1 is 1.33 bits per heavy atom. The van der Waals surface area contributed by atoms with Gasteiger partial charge in [-0.25, -0.2) is 0 Å². The lowest BCUT2D eigenvalue weighted by Crippen LogP contribution is -2.51. The van der Waals surface area contributed by atoms with Gasteiger partial charge in [-0.15, -0.1) is 0 Å². The Morgan fingerprint density at radius 2 is 2.19 bits per heavy atom. The van der Waals surface area contributed by atoms with Crippen LogP contribution in [-0.2, 0) is 9.53 Å². The summed E-state index contributed by atoms with van der Waals surface area (Å²) in [6.45, 7) is 4.76. The minimum Gasteiger partial charge on any atom is -0.495 e. The smallest absolute Gasteiger partial charge is 0.241 e. The fraction of sp³-hybridized carbons (Fsp3) is 0.562. The van der Waals surface area contributed by atoms with Gasteiger partial charge in [-0.05, 0) is 24.5 Å². The number of para-hydroxylation sites is 2. The second-order valence-electron chi connectivity index (χ2n) is 5.68. The van der Waals surface area contributed by atoms with Crippen LogP contribution < -0.4 is 9.64 Å². The number of benzene rings is 1. The van der Waals surface area contributed by atoms with Gasteiger partial charge in [-0.2, -0.15) is 0 Å². The molecule has 0 aromatic heterocycles. The molecule has 1 atom stereocenters. The number of hydrogen-bond acceptors (Lipinski definition) is 4. The van der Waals surface area contributed by atoms with Gasteiger partial charge >= 0.3 is 0 Å². The number of piperazine rings is 1. The second kappa shape index (κ2) is 6.45. The summed E-state index contributed by atoms with van der Waals surface area (Å²) in [5.74, 6) is 1.48. The van der Waals surface area contributed by atoms with Crippen LogP contribution in [0.25, 0.3) is 0 Å². The van der Waals surface area contributed by atoms with Gasteiger partial charge in [0.2, 0.25) is 5.91 Å². The molecule has 114 valence electrons. The van der Waals surface area contributed by atoms with Gasteiger partial charge in [0.15, 0.2) is 0 Å². The lowest BCUT2D eigenvalue weighted by atomic mass is 10.1. The van der Waals surface area contributed by atoms with Crippen LogP contribution in [-0.4, -0.2) is 57.3 Å². The van der Waals surface area contributed by atoms with Crippen molar-refractivity contribution in [3.05, 3.63) is 24.3 Å². The first-order chi connectivity index (χ1) is 10.3. The number of carbonyl (C=O) groups is 1. The van der Waals surface area contributed by atoms with Gasteiger partial charge in [-0.1, -0.05) is 12.1 Å². The minimum atomic E-state index is 0.143. The van der Waals surface area contributed by atoms with Crippen LogP contribution in [0.2, 0.25) is 0 Å². The number of methoxy groups -OCH3 is 1. The van der Waals surface area contributed by atoms with E-state index < -0.39 is 0 Å². The highest BCUT2D eigenvalue weighted by Crippen LogP contribution is 2.29. The van der Waals surface area contributed by atoms with Gasteiger partial charge < -0.3 is 14.4 Å². The number of anilines is 1. The van der Waals surface area contributed by atoms with Crippen LogP contribution >= 0.6 is 0 Å². The first kappa shape index (κ1) is 14.4. The Morgan fingerprint density at radius 3 is 2.90 bits per heavy atom. The van der Waals surface area contributed by atoms with Crippen molar-refractivity contribution in [1.82, 2.24) is 4.90 Å². The third-order valence-corrected chi connectivity index (χ3v) is 4.22. The van der Waals surface area contributed by atoms with E-state index in [9.17, 15) is 4.79 Å². The zero-order valence-electron chi connectivity index (χ0n) is 12.5. The molecule has 0 unspecified atom stereocenters. The molecule has 2 saturated heterocycles. The number of ether oxygens (including phenoxy) is 2. The van der Waals surface area contributed by atoms with E-state index in [4.69, 9.17) is 9.47 Å². The number of nitrogens with zero attached hydrogens (tertiary/aromatic N) is 2. The van der Waals surface area contributed by atoms with Crippen molar-refractivity contribution in [1.29, 1.82) is 0 Å². The van der Waals surface area contributed by atoms with Crippen molar-refractivity contribution in [3.8, 4) is 5.75 Å². The normalized spacial score (nSPS) is 23.6. The van der Waals surface area contributed by atoms with E-state index in [1.807, 2.05) is 29.2 Å². The van der Waals surface area contributed by atoms with Crippen molar-refractivity contribution in [2.45, 2.75) is 6.42 Å². The molecule has 0 spiro atoms. The van der Waals surface area contributed by atoms with Crippen LogP contribution in [0.3, 0.4) is 0 Å². The predicted molar refractivity (Wildman–Crippen MR) is 80.7 cm³/mol. The lowest BCUT2D eigenvalue weighted by Gasteiger charge is -2.35. The number of amides is 1. The summed E-state index contributed by atoms with van der Waals surface area (Å²) in [7, 11) is 1.64. The molecule has 0 radical (unpaired) electrons. The highest BCUT2D eigenvalue weighted by Gasteiger charge is 2.29. The van der Waals surface area contributed by atoms with Gasteiger partial charge in [0.25, 0.3) is 0 Å². The third kappa shape index (κ3) is 3.19. The molecule has 0 saturated carbocycles. The van der Waals surface area contributed by atoms with E-state index in [1.165, 1.54) is 0 Å². The van der Waals surface area contributed by atoms with E-state index in [-0.39, 0.29) is 5.91 Å². The summed E-state index contributed by atoms with van der Waals surface area (Å²) in [4.78, 5) is 16.5. The number of rotatable bonds is 4. The van der Waals surface area contributed by atoms with Crippen LogP contribution in [0, 0.1) is 5.92 Å². The van der Waals surface area contributed by atoms with Gasteiger partial charge in [0.1, 0.15) is 5.75 Å². The molecule has 1 amide bonds. The number of carbonyl (C=O) groups excluding carboxylic acids is 1. The summed E-state index contributed by atoms with van der Waals surface area (Å²) in [5, 5.41) is 0. The molecule has 3 rings (SSSR count). The fourth-order valence-corrected chi connectivity index (χ4v) is 3.08. The average Bonchev–Trinajstić information content (AvgIpc) is 3.00. The van der Waals surface area contributed by atoms with E-state index in [2.05, 4.69) is 4.90 Å². The molecule has 5 heteroatoms. The first-order valence-corrected chi connectivity index (χ1v) is 7.51. The van der Waals surface area contributed by atoms with E-state index in [0.717, 1.165) is 44.2 Å². The Kier molecular flexibility index (Phi) is 4.41. The maximum absolute atomic E-state index is 12.4. The third-order valence-electron chi connectivity index (χ3n) is 4.22. The molecule has 1 aromatic carbocycles. The maximum atomic E-state index is 12.4. The largest absolute Gasteiger partial charge is 0.495 e. The summed E-state index contributed by atoms with van der Waals surface area (Å²) in [5.41, 5.74) is 0.869. The number of hydrogen-bond donors (Lipinski definition) is 0. The topological polar surface area (TPSA) is 42.0 Å². The molecule has 5 nitrogen and oxygen atoms in total. The van der Waals surface area contributed by atoms with Crippen molar-refractivity contribution in [3.63, 3.8) is 0 Å². The highest BCUT2D eigenvalue weighted by atomic mass is 16.5. The molecule has 2 fully saturated rings. The molecular formula is C16H22N2O3. The zero-order valence-corrected chi connectivity index (χ0v) is 12.5. The van der Waals surface area contributed by atoms with Crippen LogP contribution in [0.1, 0.15) is 6.42 Å². The van der Waals surface area contributed by atoms with Crippen LogP contribution in [0.5, 0.6) is 5.75 Å². The molecule has 21 heavy (non-hydrogen) atoms. The first-order valence-electron chi connectivity index (χ1n) is 7.51. The highest BCUT2D eigenvalue weighted by molar-refractivity contribution is 5.96. The molecule has 0 bridgehead atoms. The Balaban J connectivity index is 1.64.